The minimum absolute atomic E-state index is 0.142. The molecule has 0 aromatic carbocycles. The summed E-state index contributed by atoms with van der Waals surface area (Å²) in [5, 5.41) is 6.69. The van der Waals surface area contributed by atoms with Gasteiger partial charge in [0.2, 0.25) is 5.56 Å². The predicted molar refractivity (Wildman–Crippen MR) is 71.9 cm³/mol. The van der Waals surface area contributed by atoms with Gasteiger partial charge >= 0.3 is 0 Å². The van der Waals surface area contributed by atoms with E-state index in [9.17, 15) is 9.59 Å². The molecule has 3 N–H and O–H groups in total. The van der Waals surface area contributed by atoms with Gasteiger partial charge in [-0.25, -0.2) is 0 Å². The summed E-state index contributed by atoms with van der Waals surface area (Å²) in [6.07, 6.45) is 2.99. The Bertz CT molecular complexity index is 671. The normalized spacial score (nSPS) is 10.4. The molecule has 19 heavy (non-hydrogen) atoms. The number of anilines is 2. The molecule has 100 valence electrons. The van der Waals surface area contributed by atoms with Crippen molar-refractivity contribution in [3.05, 3.63) is 40.6 Å². The van der Waals surface area contributed by atoms with Crippen LogP contribution in [0.3, 0.4) is 0 Å². The SMILES string of the molecule is CCn1ncc(N)c1C(=O)Nc1ccc(=O)n(C)c1. The third-order valence-corrected chi connectivity index (χ3v) is 2.73. The molecule has 0 atom stereocenters. The van der Waals surface area contributed by atoms with Gasteiger partial charge in [-0.15, -0.1) is 0 Å². The van der Waals surface area contributed by atoms with Crippen LogP contribution in [0, 0.1) is 0 Å². The summed E-state index contributed by atoms with van der Waals surface area (Å²) in [4.78, 5) is 23.4. The Hall–Kier alpha value is -2.57. The number of carbonyl (C=O) groups excluding carboxylic acids is 1. The van der Waals surface area contributed by atoms with Gasteiger partial charge in [0.1, 0.15) is 5.69 Å². The zero-order valence-electron chi connectivity index (χ0n) is 10.8. The number of rotatable bonds is 3. The number of hydrogen-bond donors (Lipinski definition) is 2. The second-order valence-corrected chi connectivity index (χ2v) is 4.09. The molecule has 0 aliphatic carbocycles. The first-order valence-electron chi connectivity index (χ1n) is 5.82. The number of aromatic nitrogens is 3. The van der Waals surface area contributed by atoms with Crippen molar-refractivity contribution in [1.82, 2.24) is 14.3 Å². The largest absolute Gasteiger partial charge is 0.396 e. The molecule has 2 heterocycles. The lowest BCUT2D eigenvalue weighted by atomic mass is 10.3. The minimum Gasteiger partial charge on any atom is -0.396 e. The fourth-order valence-corrected chi connectivity index (χ4v) is 1.75. The number of nitrogens with zero attached hydrogens (tertiary/aromatic N) is 3. The van der Waals surface area contributed by atoms with Crippen molar-refractivity contribution >= 4 is 17.3 Å². The molecular formula is C12H15N5O2. The molecule has 2 aromatic heterocycles. The van der Waals surface area contributed by atoms with Crippen molar-refractivity contribution in [3.63, 3.8) is 0 Å². The number of carbonyl (C=O) groups is 1. The lowest BCUT2D eigenvalue weighted by Crippen LogP contribution is -2.21. The van der Waals surface area contributed by atoms with Crippen LogP contribution in [0.5, 0.6) is 0 Å². The number of nitrogens with two attached hydrogens (primary N) is 1. The van der Waals surface area contributed by atoms with Crippen molar-refractivity contribution in [2.24, 2.45) is 7.05 Å². The number of nitrogens with one attached hydrogen (secondary N) is 1. The summed E-state index contributed by atoms with van der Waals surface area (Å²) in [6.45, 7) is 2.42. The molecule has 0 fully saturated rings. The maximum Gasteiger partial charge on any atom is 0.276 e. The van der Waals surface area contributed by atoms with Crippen molar-refractivity contribution in [2.75, 3.05) is 11.1 Å². The molecule has 0 spiro atoms. The van der Waals surface area contributed by atoms with Gasteiger partial charge in [-0.2, -0.15) is 5.10 Å². The van der Waals surface area contributed by atoms with E-state index < -0.39 is 0 Å². The standard InChI is InChI=1S/C12H15N5O2/c1-3-17-11(9(13)6-14-17)12(19)15-8-4-5-10(18)16(2)7-8/h4-7H,3,13H2,1-2H3,(H,15,19). The highest BCUT2D eigenvalue weighted by Gasteiger charge is 2.16. The molecular weight excluding hydrogens is 246 g/mol. The first kappa shape index (κ1) is 12.9. The summed E-state index contributed by atoms with van der Waals surface area (Å²) < 4.78 is 2.91. The molecule has 0 aliphatic rings. The van der Waals surface area contributed by atoms with E-state index in [0.717, 1.165) is 0 Å². The van der Waals surface area contributed by atoms with Crippen molar-refractivity contribution in [2.45, 2.75) is 13.5 Å². The average Bonchev–Trinajstić information content (AvgIpc) is 2.75. The smallest absolute Gasteiger partial charge is 0.276 e. The van der Waals surface area contributed by atoms with E-state index in [0.29, 0.717) is 23.6 Å². The fourth-order valence-electron chi connectivity index (χ4n) is 1.75. The maximum absolute atomic E-state index is 12.1. The number of hydrogen-bond acceptors (Lipinski definition) is 4. The zero-order chi connectivity index (χ0) is 14.0. The highest BCUT2D eigenvalue weighted by atomic mass is 16.2. The molecule has 0 saturated heterocycles. The molecule has 0 saturated carbocycles. The average molecular weight is 261 g/mol. The zero-order valence-corrected chi connectivity index (χ0v) is 10.8. The lowest BCUT2D eigenvalue weighted by molar-refractivity contribution is 0.101. The Morgan fingerprint density at radius 3 is 2.84 bits per heavy atom. The lowest BCUT2D eigenvalue weighted by Gasteiger charge is -2.08. The van der Waals surface area contributed by atoms with Crippen molar-refractivity contribution in [1.29, 1.82) is 0 Å². The Morgan fingerprint density at radius 2 is 2.21 bits per heavy atom. The van der Waals surface area contributed by atoms with Crippen LogP contribution in [0.15, 0.2) is 29.3 Å². The fraction of sp³-hybridized carbons (Fsp3) is 0.250. The van der Waals surface area contributed by atoms with E-state index >= 15 is 0 Å². The molecule has 0 bridgehead atoms. The summed E-state index contributed by atoms with van der Waals surface area (Å²) >= 11 is 0. The van der Waals surface area contributed by atoms with Crippen molar-refractivity contribution in [3.8, 4) is 0 Å². The quantitative estimate of drug-likeness (QED) is 0.838. The van der Waals surface area contributed by atoms with E-state index in [-0.39, 0.29) is 11.5 Å². The molecule has 0 unspecified atom stereocenters. The van der Waals surface area contributed by atoms with E-state index in [1.165, 1.54) is 21.5 Å². The number of aryl methyl sites for hydroxylation is 2. The third kappa shape index (κ3) is 2.49. The van der Waals surface area contributed by atoms with Gasteiger partial charge in [0.15, 0.2) is 0 Å². The minimum atomic E-state index is -0.351. The van der Waals surface area contributed by atoms with Crippen LogP contribution >= 0.6 is 0 Å². The third-order valence-electron chi connectivity index (χ3n) is 2.73. The Balaban J connectivity index is 2.28. The van der Waals surface area contributed by atoms with Crippen LogP contribution in [-0.2, 0) is 13.6 Å². The summed E-state index contributed by atoms with van der Waals surface area (Å²) in [5.41, 5.74) is 6.75. The molecule has 2 rings (SSSR count). The second-order valence-electron chi connectivity index (χ2n) is 4.09. The van der Waals surface area contributed by atoms with Crippen LogP contribution in [0.1, 0.15) is 17.4 Å². The first-order valence-corrected chi connectivity index (χ1v) is 5.82. The van der Waals surface area contributed by atoms with E-state index in [4.69, 9.17) is 5.73 Å². The Labute approximate surface area is 109 Å². The van der Waals surface area contributed by atoms with E-state index in [1.807, 2.05) is 6.92 Å². The van der Waals surface area contributed by atoms with Crippen LogP contribution in [0.2, 0.25) is 0 Å². The van der Waals surface area contributed by atoms with Gasteiger partial charge in [-0.1, -0.05) is 0 Å². The topological polar surface area (TPSA) is 94.9 Å². The van der Waals surface area contributed by atoms with Gasteiger partial charge in [0.05, 0.1) is 17.6 Å². The van der Waals surface area contributed by atoms with E-state index in [2.05, 4.69) is 10.4 Å². The van der Waals surface area contributed by atoms with Gasteiger partial charge < -0.3 is 15.6 Å². The molecule has 7 nitrogen and oxygen atoms in total. The van der Waals surface area contributed by atoms with Gasteiger partial charge in [-0.05, 0) is 13.0 Å². The predicted octanol–water partition coefficient (Wildman–Crippen LogP) is 0.436. The van der Waals surface area contributed by atoms with Crippen LogP contribution in [0.25, 0.3) is 0 Å². The van der Waals surface area contributed by atoms with Crippen LogP contribution in [-0.4, -0.2) is 20.3 Å². The molecule has 7 heteroatoms. The van der Waals surface area contributed by atoms with E-state index in [1.54, 1.807) is 19.3 Å². The molecule has 1 amide bonds. The number of pyridine rings is 1. The summed E-state index contributed by atoms with van der Waals surface area (Å²) in [7, 11) is 1.61. The highest BCUT2D eigenvalue weighted by molar-refractivity contribution is 6.06. The molecule has 0 radical (unpaired) electrons. The maximum atomic E-state index is 12.1. The van der Waals surface area contributed by atoms with Gasteiger partial charge in [0.25, 0.3) is 5.91 Å². The van der Waals surface area contributed by atoms with Gasteiger partial charge in [-0.3, -0.25) is 14.3 Å². The highest BCUT2D eigenvalue weighted by Crippen LogP contribution is 2.13. The Kier molecular flexibility index (Phi) is 3.37. The van der Waals surface area contributed by atoms with Gasteiger partial charge in [0, 0.05) is 25.9 Å². The van der Waals surface area contributed by atoms with Crippen LogP contribution in [0.4, 0.5) is 11.4 Å². The number of nitrogen functional groups attached to an aromatic ring is 1. The molecule has 0 aliphatic heterocycles. The summed E-state index contributed by atoms with van der Waals surface area (Å²) in [6, 6.07) is 2.93. The van der Waals surface area contributed by atoms with Crippen molar-refractivity contribution < 1.29 is 4.79 Å². The summed E-state index contributed by atoms with van der Waals surface area (Å²) in [5.74, 6) is -0.351. The molecule has 2 aromatic rings. The first-order chi connectivity index (χ1) is 9.02. The monoisotopic (exact) mass is 261 g/mol. The second kappa shape index (κ2) is 4.97. The van der Waals surface area contributed by atoms with Crippen LogP contribution < -0.4 is 16.6 Å². The Morgan fingerprint density at radius 1 is 1.47 bits per heavy atom. The number of amides is 1.